The van der Waals surface area contributed by atoms with Gasteiger partial charge in [0.15, 0.2) is 0 Å². The Kier molecular flexibility index (Phi) is 3.52. The van der Waals surface area contributed by atoms with Gasteiger partial charge in [-0.2, -0.15) is 18.4 Å². The molecule has 2 rings (SSSR count). The molecule has 0 bridgehead atoms. The van der Waals surface area contributed by atoms with Crippen molar-refractivity contribution in [3.05, 3.63) is 53.9 Å². The van der Waals surface area contributed by atoms with E-state index in [2.05, 4.69) is 4.98 Å². The molecule has 0 amide bonds. The van der Waals surface area contributed by atoms with Crippen LogP contribution in [-0.2, 0) is 12.6 Å². The summed E-state index contributed by atoms with van der Waals surface area (Å²) >= 11 is 0. The van der Waals surface area contributed by atoms with Crippen LogP contribution in [0, 0.1) is 11.3 Å². The molecule has 1 aromatic carbocycles. The molecule has 0 saturated heterocycles. The number of nitrogens with zero attached hydrogens (tertiary/aromatic N) is 2. The Morgan fingerprint density at radius 1 is 1.21 bits per heavy atom. The average Bonchev–Trinajstić information content (AvgIpc) is 2.39. The third kappa shape index (κ3) is 2.91. The lowest BCUT2D eigenvalue weighted by Crippen LogP contribution is -2.08. The Hall–Kier alpha value is -2.35. The summed E-state index contributed by atoms with van der Waals surface area (Å²) in [5, 5.41) is 8.56. The minimum absolute atomic E-state index is 0.0452. The van der Waals surface area contributed by atoms with Crippen molar-refractivity contribution in [3.8, 4) is 17.2 Å². The van der Waals surface area contributed by atoms with Gasteiger partial charge in [-0.1, -0.05) is 18.2 Å². The Labute approximate surface area is 108 Å². The second-order valence-corrected chi connectivity index (χ2v) is 3.95. The van der Waals surface area contributed by atoms with E-state index in [1.54, 1.807) is 12.1 Å². The fourth-order valence-electron chi connectivity index (χ4n) is 1.80. The summed E-state index contributed by atoms with van der Waals surface area (Å²) in [5.74, 6) is 0. The lowest BCUT2D eigenvalue weighted by atomic mass is 9.97. The normalized spacial score (nSPS) is 11.1. The number of hydrogen-bond acceptors (Lipinski definition) is 2. The van der Waals surface area contributed by atoms with E-state index in [0.717, 1.165) is 6.07 Å². The largest absolute Gasteiger partial charge is 0.417 e. The molecule has 19 heavy (non-hydrogen) atoms. The van der Waals surface area contributed by atoms with Crippen LogP contribution in [-0.4, -0.2) is 4.98 Å². The highest BCUT2D eigenvalue weighted by molar-refractivity contribution is 5.67. The van der Waals surface area contributed by atoms with E-state index >= 15 is 0 Å². The first-order valence-corrected chi connectivity index (χ1v) is 5.50. The van der Waals surface area contributed by atoms with Gasteiger partial charge in [0.25, 0.3) is 0 Å². The van der Waals surface area contributed by atoms with Crippen LogP contribution in [0.4, 0.5) is 13.2 Å². The zero-order chi connectivity index (χ0) is 13.9. The number of pyridine rings is 1. The van der Waals surface area contributed by atoms with Crippen molar-refractivity contribution in [2.24, 2.45) is 0 Å². The molecular formula is C14H9F3N2. The highest BCUT2D eigenvalue weighted by Gasteiger charge is 2.33. The summed E-state index contributed by atoms with van der Waals surface area (Å²) in [6.07, 6.45) is -1.62. The van der Waals surface area contributed by atoms with Crippen LogP contribution in [0.2, 0.25) is 0 Å². The van der Waals surface area contributed by atoms with Crippen molar-refractivity contribution in [1.29, 1.82) is 5.26 Å². The van der Waals surface area contributed by atoms with Crippen molar-refractivity contribution < 1.29 is 13.2 Å². The van der Waals surface area contributed by atoms with Crippen molar-refractivity contribution >= 4 is 0 Å². The molecule has 0 spiro atoms. The molecule has 0 aliphatic rings. The number of benzene rings is 1. The van der Waals surface area contributed by atoms with Gasteiger partial charge in [0.05, 0.1) is 18.1 Å². The second-order valence-electron chi connectivity index (χ2n) is 3.95. The van der Waals surface area contributed by atoms with Crippen LogP contribution in [0.15, 0.2) is 42.7 Å². The van der Waals surface area contributed by atoms with Crippen molar-refractivity contribution in [2.75, 3.05) is 0 Å². The molecule has 2 aromatic rings. The van der Waals surface area contributed by atoms with Crippen molar-refractivity contribution in [1.82, 2.24) is 4.98 Å². The topological polar surface area (TPSA) is 36.7 Å². The molecule has 0 aliphatic heterocycles. The Morgan fingerprint density at radius 2 is 2.00 bits per heavy atom. The molecule has 0 radical (unpaired) electrons. The third-order valence-electron chi connectivity index (χ3n) is 2.65. The van der Waals surface area contributed by atoms with Gasteiger partial charge in [-0.25, -0.2) is 0 Å². The number of alkyl halides is 3. The maximum Gasteiger partial charge on any atom is 0.417 e. The Balaban J connectivity index is 2.59. The van der Waals surface area contributed by atoms with Crippen LogP contribution < -0.4 is 0 Å². The highest BCUT2D eigenvalue weighted by Crippen LogP contribution is 2.37. The minimum Gasteiger partial charge on any atom is -0.264 e. The van der Waals surface area contributed by atoms with Crippen LogP contribution in [0.3, 0.4) is 0 Å². The van der Waals surface area contributed by atoms with Crippen LogP contribution >= 0.6 is 0 Å². The maximum atomic E-state index is 13.1. The van der Waals surface area contributed by atoms with E-state index in [1.165, 1.54) is 24.5 Å². The second kappa shape index (κ2) is 5.11. The summed E-state index contributed by atoms with van der Waals surface area (Å²) in [7, 11) is 0. The molecule has 96 valence electrons. The minimum atomic E-state index is -4.46. The summed E-state index contributed by atoms with van der Waals surface area (Å²) < 4.78 is 39.2. The molecule has 2 nitrogen and oxygen atoms in total. The van der Waals surface area contributed by atoms with E-state index in [0.29, 0.717) is 11.1 Å². The molecule has 0 unspecified atom stereocenters. The van der Waals surface area contributed by atoms with Gasteiger partial charge >= 0.3 is 6.18 Å². The molecule has 0 saturated carbocycles. The van der Waals surface area contributed by atoms with E-state index in [1.807, 2.05) is 6.07 Å². The van der Waals surface area contributed by atoms with E-state index in [-0.39, 0.29) is 12.0 Å². The Bertz CT molecular complexity index is 613. The predicted octanol–water partition coefficient (Wildman–Crippen LogP) is 3.83. The SMILES string of the molecule is N#CCc1ccc(-c2cccnc2)c(C(F)(F)F)c1. The number of rotatable bonds is 2. The summed E-state index contributed by atoms with van der Waals surface area (Å²) in [4.78, 5) is 3.82. The molecule has 0 aliphatic carbocycles. The van der Waals surface area contributed by atoms with Gasteiger partial charge < -0.3 is 0 Å². The van der Waals surface area contributed by atoms with Crippen molar-refractivity contribution in [3.63, 3.8) is 0 Å². The first-order chi connectivity index (χ1) is 9.02. The molecule has 0 atom stereocenters. The number of hydrogen-bond donors (Lipinski definition) is 0. The first kappa shape index (κ1) is 13.1. The van der Waals surface area contributed by atoms with Crippen LogP contribution in [0.5, 0.6) is 0 Å². The monoisotopic (exact) mass is 262 g/mol. The van der Waals surface area contributed by atoms with Gasteiger partial charge in [-0.3, -0.25) is 4.98 Å². The zero-order valence-corrected chi connectivity index (χ0v) is 9.78. The number of aromatic nitrogens is 1. The fraction of sp³-hybridized carbons (Fsp3) is 0.143. The van der Waals surface area contributed by atoms with Gasteiger partial charge in [0.2, 0.25) is 0 Å². The number of nitriles is 1. The van der Waals surface area contributed by atoms with E-state index < -0.39 is 11.7 Å². The van der Waals surface area contributed by atoms with Gasteiger partial charge in [0.1, 0.15) is 0 Å². The lowest BCUT2D eigenvalue weighted by molar-refractivity contribution is -0.137. The number of halogens is 3. The summed E-state index contributed by atoms with van der Waals surface area (Å²) in [6.45, 7) is 0. The third-order valence-corrected chi connectivity index (χ3v) is 2.65. The zero-order valence-electron chi connectivity index (χ0n) is 9.78. The fourth-order valence-corrected chi connectivity index (χ4v) is 1.80. The summed E-state index contributed by atoms with van der Waals surface area (Å²) in [5.41, 5.74) is 0.0799. The molecule has 1 heterocycles. The molecule has 0 fully saturated rings. The van der Waals surface area contributed by atoms with Crippen LogP contribution in [0.1, 0.15) is 11.1 Å². The standard InChI is InChI=1S/C14H9F3N2/c15-14(16,17)13-8-10(5-6-18)3-4-12(13)11-2-1-7-19-9-11/h1-4,7-9H,5H2. The lowest BCUT2D eigenvalue weighted by Gasteiger charge is -2.14. The van der Waals surface area contributed by atoms with Gasteiger partial charge in [-0.05, 0) is 23.3 Å². The highest BCUT2D eigenvalue weighted by atomic mass is 19.4. The Morgan fingerprint density at radius 3 is 2.58 bits per heavy atom. The molecule has 1 aromatic heterocycles. The molecule has 5 heteroatoms. The predicted molar refractivity (Wildman–Crippen MR) is 64.0 cm³/mol. The molecular weight excluding hydrogens is 253 g/mol. The smallest absolute Gasteiger partial charge is 0.264 e. The molecule has 0 N–H and O–H groups in total. The van der Waals surface area contributed by atoms with E-state index in [9.17, 15) is 13.2 Å². The maximum absolute atomic E-state index is 13.1. The van der Waals surface area contributed by atoms with Gasteiger partial charge in [-0.15, -0.1) is 0 Å². The van der Waals surface area contributed by atoms with E-state index in [4.69, 9.17) is 5.26 Å². The van der Waals surface area contributed by atoms with Crippen LogP contribution in [0.25, 0.3) is 11.1 Å². The first-order valence-electron chi connectivity index (χ1n) is 5.50. The summed E-state index contributed by atoms with van der Waals surface area (Å²) in [6, 6.07) is 8.92. The van der Waals surface area contributed by atoms with Crippen molar-refractivity contribution in [2.45, 2.75) is 12.6 Å². The van der Waals surface area contributed by atoms with Gasteiger partial charge in [0, 0.05) is 18.0 Å². The quantitative estimate of drug-likeness (QED) is 0.824. The average molecular weight is 262 g/mol.